The van der Waals surface area contributed by atoms with Crippen LogP contribution in [0.1, 0.15) is 42.7 Å². The highest BCUT2D eigenvalue weighted by molar-refractivity contribution is 9.11. The molecule has 1 nitrogen and oxygen atoms in total. The minimum atomic E-state index is 0.596. The van der Waals surface area contributed by atoms with Gasteiger partial charge in [-0.2, -0.15) is 0 Å². The lowest BCUT2D eigenvalue weighted by atomic mass is 9.79. The first-order valence-electron chi connectivity index (χ1n) is 5.71. The van der Waals surface area contributed by atoms with Gasteiger partial charge in [-0.05, 0) is 59.8 Å². The van der Waals surface area contributed by atoms with Crippen LogP contribution in [0.5, 0.6) is 0 Å². The molecule has 0 bridgehead atoms. The SMILES string of the molecule is CCNC(c1cc(C)c(Br)s1)C1CCC1. The number of hydrogen-bond acceptors (Lipinski definition) is 2. The lowest BCUT2D eigenvalue weighted by Crippen LogP contribution is -2.31. The van der Waals surface area contributed by atoms with Crippen molar-refractivity contribution in [1.82, 2.24) is 5.32 Å². The summed E-state index contributed by atoms with van der Waals surface area (Å²) in [5.41, 5.74) is 1.37. The largest absolute Gasteiger partial charge is 0.309 e. The van der Waals surface area contributed by atoms with Crippen LogP contribution in [0.3, 0.4) is 0 Å². The van der Waals surface area contributed by atoms with Crippen LogP contribution in [0.25, 0.3) is 0 Å². The molecule has 1 saturated carbocycles. The van der Waals surface area contributed by atoms with Crippen molar-refractivity contribution >= 4 is 27.3 Å². The summed E-state index contributed by atoms with van der Waals surface area (Å²) < 4.78 is 1.29. The molecule has 2 rings (SSSR count). The maximum Gasteiger partial charge on any atom is 0.0731 e. The molecule has 1 unspecified atom stereocenters. The van der Waals surface area contributed by atoms with E-state index in [0.29, 0.717) is 6.04 Å². The van der Waals surface area contributed by atoms with Gasteiger partial charge in [-0.15, -0.1) is 11.3 Å². The molecule has 1 N–H and O–H groups in total. The van der Waals surface area contributed by atoms with Gasteiger partial charge in [-0.25, -0.2) is 0 Å². The number of nitrogens with one attached hydrogen (secondary N) is 1. The van der Waals surface area contributed by atoms with Crippen molar-refractivity contribution in [2.45, 2.75) is 39.2 Å². The Balaban J connectivity index is 2.15. The summed E-state index contributed by atoms with van der Waals surface area (Å²) in [5.74, 6) is 0.870. The van der Waals surface area contributed by atoms with E-state index >= 15 is 0 Å². The summed E-state index contributed by atoms with van der Waals surface area (Å²) in [4.78, 5) is 1.51. The molecule has 15 heavy (non-hydrogen) atoms. The van der Waals surface area contributed by atoms with E-state index in [9.17, 15) is 0 Å². The molecule has 1 aromatic rings. The van der Waals surface area contributed by atoms with Crippen molar-refractivity contribution in [3.8, 4) is 0 Å². The monoisotopic (exact) mass is 287 g/mol. The zero-order valence-corrected chi connectivity index (χ0v) is 11.7. The Morgan fingerprint density at radius 3 is 2.73 bits per heavy atom. The molecule has 3 heteroatoms. The Labute approximate surface area is 104 Å². The Morgan fingerprint density at radius 1 is 1.60 bits per heavy atom. The van der Waals surface area contributed by atoms with E-state index in [4.69, 9.17) is 0 Å². The molecule has 0 radical (unpaired) electrons. The molecule has 1 heterocycles. The first kappa shape index (κ1) is 11.6. The van der Waals surface area contributed by atoms with E-state index in [1.807, 2.05) is 11.3 Å². The lowest BCUT2D eigenvalue weighted by Gasteiger charge is -2.33. The molecule has 0 spiro atoms. The molecule has 1 aliphatic rings. The Hall–Kier alpha value is 0.140. The summed E-state index contributed by atoms with van der Waals surface area (Å²) in [7, 11) is 0. The Morgan fingerprint density at radius 2 is 2.33 bits per heavy atom. The van der Waals surface area contributed by atoms with Crippen molar-refractivity contribution in [3.05, 3.63) is 20.3 Å². The Bertz CT molecular complexity index is 311. The molecule has 1 aromatic heterocycles. The Kier molecular flexibility index (Phi) is 3.86. The van der Waals surface area contributed by atoms with Gasteiger partial charge in [0.25, 0.3) is 0 Å². The third-order valence-electron chi connectivity index (χ3n) is 3.23. The van der Waals surface area contributed by atoms with Crippen molar-refractivity contribution in [3.63, 3.8) is 0 Å². The zero-order chi connectivity index (χ0) is 10.8. The third kappa shape index (κ3) is 2.45. The van der Waals surface area contributed by atoms with Crippen LogP contribution in [0.2, 0.25) is 0 Å². The molecule has 84 valence electrons. The highest BCUT2D eigenvalue weighted by Crippen LogP contribution is 2.41. The van der Waals surface area contributed by atoms with Gasteiger partial charge in [-0.3, -0.25) is 0 Å². The van der Waals surface area contributed by atoms with Gasteiger partial charge >= 0.3 is 0 Å². The van der Waals surface area contributed by atoms with Gasteiger partial charge in [0, 0.05) is 10.9 Å². The second-order valence-electron chi connectivity index (χ2n) is 4.33. The minimum absolute atomic E-state index is 0.596. The molecule has 0 aliphatic heterocycles. The van der Waals surface area contributed by atoms with E-state index in [-0.39, 0.29) is 0 Å². The fourth-order valence-electron chi connectivity index (χ4n) is 2.13. The van der Waals surface area contributed by atoms with E-state index in [1.54, 1.807) is 0 Å². The molecule has 1 fully saturated rings. The molecular weight excluding hydrogens is 270 g/mol. The molecule has 1 atom stereocenters. The number of halogens is 1. The van der Waals surface area contributed by atoms with Gasteiger partial charge in [-0.1, -0.05) is 13.3 Å². The number of hydrogen-bond donors (Lipinski definition) is 1. The van der Waals surface area contributed by atoms with Gasteiger partial charge in [0.2, 0.25) is 0 Å². The van der Waals surface area contributed by atoms with Gasteiger partial charge in [0.1, 0.15) is 0 Å². The second kappa shape index (κ2) is 4.98. The summed E-state index contributed by atoms with van der Waals surface area (Å²) in [6.45, 7) is 5.44. The molecule has 0 amide bonds. The summed E-state index contributed by atoms with van der Waals surface area (Å²) in [5, 5.41) is 3.63. The van der Waals surface area contributed by atoms with Crippen LogP contribution in [-0.2, 0) is 0 Å². The number of thiophene rings is 1. The molecule has 0 aromatic carbocycles. The topological polar surface area (TPSA) is 12.0 Å². The van der Waals surface area contributed by atoms with Crippen molar-refractivity contribution < 1.29 is 0 Å². The standard InChI is InChI=1S/C12H18BrNS/c1-3-14-11(9-5-4-6-9)10-7-8(2)12(13)15-10/h7,9,11,14H,3-6H2,1-2H3. The highest BCUT2D eigenvalue weighted by atomic mass is 79.9. The summed E-state index contributed by atoms with van der Waals surface area (Å²) in [6, 6.07) is 2.93. The fourth-order valence-corrected chi connectivity index (χ4v) is 3.87. The van der Waals surface area contributed by atoms with E-state index < -0.39 is 0 Å². The minimum Gasteiger partial charge on any atom is -0.309 e. The van der Waals surface area contributed by atoms with E-state index in [0.717, 1.165) is 12.5 Å². The second-order valence-corrected chi connectivity index (χ2v) is 6.73. The highest BCUT2D eigenvalue weighted by Gasteiger charge is 2.29. The quantitative estimate of drug-likeness (QED) is 0.872. The van der Waals surface area contributed by atoms with Crippen LogP contribution in [0.4, 0.5) is 0 Å². The molecule has 0 saturated heterocycles. The van der Waals surface area contributed by atoms with E-state index in [1.165, 1.54) is 33.5 Å². The summed E-state index contributed by atoms with van der Waals surface area (Å²) in [6.07, 6.45) is 4.20. The van der Waals surface area contributed by atoms with Gasteiger partial charge in [0.15, 0.2) is 0 Å². The predicted molar refractivity (Wildman–Crippen MR) is 70.5 cm³/mol. The van der Waals surface area contributed by atoms with Crippen LogP contribution >= 0.6 is 27.3 Å². The number of aryl methyl sites for hydroxylation is 1. The smallest absolute Gasteiger partial charge is 0.0731 e. The first-order chi connectivity index (χ1) is 7.22. The van der Waals surface area contributed by atoms with Gasteiger partial charge in [0.05, 0.1) is 3.79 Å². The zero-order valence-electron chi connectivity index (χ0n) is 9.35. The molecule has 1 aliphatic carbocycles. The first-order valence-corrected chi connectivity index (χ1v) is 7.32. The van der Waals surface area contributed by atoms with Crippen LogP contribution in [0.15, 0.2) is 9.85 Å². The predicted octanol–water partition coefficient (Wildman–Crippen LogP) is 4.27. The third-order valence-corrected chi connectivity index (χ3v) is 5.45. The maximum atomic E-state index is 3.63. The van der Waals surface area contributed by atoms with Crippen LogP contribution in [-0.4, -0.2) is 6.54 Å². The molecular formula is C12H18BrNS. The van der Waals surface area contributed by atoms with Gasteiger partial charge < -0.3 is 5.32 Å². The maximum absolute atomic E-state index is 3.63. The lowest BCUT2D eigenvalue weighted by molar-refractivity contribution is 0.236. The average molecular weight is 288 g/mol. The normalized spacial score (nSPS) is 18.9. The van der Waals surface area contributed by atoms with Crippen molar-refractivity contribution in [2.24, 2.45) is 5.92 Å². The average Bonchev–Trinajstić information content (AvgIpc) is 2.43. The van der Waals surface area contributed by atoms with E-state index in [2.05, 4.69) is 41.2 Å². The number of rotatable bonds is 4. The van der Waals surface area contributed by atoms with Crippen LogP contribution in [0, 0.1) is 12.8 Å². The van der Waals surface area contributed by atoms with Crippen molar-refractivity contribution in [1.29, 1.82) is 0 Å². The summed E-state index contributed by atoms with van der Waals surface area (Å²) >= 11 is 5.51. The van der Waals surface area contributed by atoms with Crippen molar-refractivity contribution in [2.75, 3.05) is 6.54 Å². The van der Waals surface area contributed by atoms with Crippen LogP contribution < -0.4 is 5.32 Å². The fraction of sp³-hybridized carbons (Fsp3) is 0.667.